The number of nitrogens with zero attached hydrogens (tertiary/aromatic N) is 3. The van der Waals surface area contributed by atoms with Crippen molar-refractivity contribution in [1.29, 1.82) is 0 Å². The first-order valence-corrected chi connectivity index (χ1v) is 5.63. The molecule has 0 radical (unpaired) electrons. The van der Waals surface area contributed by atoms with E-state index in [2.05, 4.69) is 0 Å². The Labute approximate surface area is 107 Å². The molecule has 100 valence electrons. The van der Waals surface area contributed by atoms with Crippen molar-refractivity contribution in [3.05, 3.63) is 34.4 Å². The number of benzene rings is 1. The maximum atomic E-state index is 10.9. The number of ether oxygens (including phenoxy) is 1. The van der Waals surface area contributed by atoms with Crippen molar-refractivity contribution >= 4 is 5.69 Å². The molecule has 1 rings (SSSR count). The lowest BCUT2D eigenvalue weighted by Crippen LogP contribution is -2.41. The Balaban J connectivity index is 2.90. The molecule has 1 aromatic rings. The standard InChI is InChI=1S/C12H19N3O3/c1-13(2)9-12(14(3)4)18-11-8-6-5-7-10(11)15(16)17/h5-8,12H,9H2,1-4H3. The molecule has 0 saturated heterocycles. The zero-order chi connectivity index (χ0) is 13.7. The number of rotatable bonds is 6. The highest BCUT2D eigenvalue weighted by Crippen LogP contribution is 2.27. The van der Waals surface area contributed by atoms with Crippen molar-refractivity contribution in [3.63, 3.8) is 0 Å². The number of nitro benzene ring substituents is 1. The van der Waals surface area contributed by atoms with E-state index in [1.807, 2.05) is 38.0 Å². The van der Waals surface area contributed by atoms with E-state index in [-0.39, 0.29) is 11.9 Å². The Morgan fingerprint density at radius 1 is 1.28 bits per heavy atom. The predicted molar refractivity (Wildman–Crippen MR) is 69.8 cm³/mol. The molecule has 0 bridgehead atoms. The maximum Gasteiger partial charge on any atom is 0.310 e. The van der Waals surface area contributed by atoms with Crippen LogP contribution in [0, 0.1) is 10.1 Å². The number of para-hydroxylation sites is 2. The maximum absolute atomic E-state index is 10.9. The van der Waals surface area contributed by atoms with Crippen LogP contribution >= 0.6 is 0 Å². The number of hydrogen-bond acceptors (Lipinski definition) is 5. The van der Waals surface area contributed by atoms with E-state index in [0.29, 0.717) is 12.3 Å². The second kappa shape index (κ2) is 6.32. The molecular formula is C12H19N3O3. The van der Waals surface area contributed by atoms with Crippen LogP contribution in [0.3, 0.4) is 0 Å². The van der Waals surface area contributed by atoms with E-state index < -0.39 is 4.92 Å². The first-order valence-electron chi connectivity index (χ1n) is 5.63. The van der Waals surface area contributed by atoms with E-state index >= 15 is 0 Å². The zero-order valence-electron chi connectivity index (χ0n) is 11.2. The van der Waals surface area contributed by atoms with Gasteiger partial charge in [0.05, 0.1) is 4.92 Å². The minimum Gasteiger partial charge on any atom is -0.467 e. The van der Waals surface area contributed by atoms with Gasteiger partial charge in [-0.2, -0.15) is 0 Å². The van der Waals surface area contributed by atoms with Crippen LogP contribution in [-0.2, 0) is 0 Å². The smallest absolute Gasteiger partial charge is 0.310 e. The summed E-state index contributed by atoms with van der Waals surface area (Å²) in [6.07, 6.45) is -0.235. The van der Waals surface area contributed by atoms with Gasteiger partial charge in [-0.3, -0.25) is 15.0 Å². The molecular weight excluding hydrogens is 234 g/mol. The summed E-state index contributed by atoms with van der Waals surface area (Å²) in [6, 6.07) is 6.41. The van der Waals surface area contributed by atoms with Crippen LogP contribution in [-0.4, -0.2) is 55.7 Å². The Morgan fingerprint density at radius 2 is 1.89 bits per heavy atom. The normalized spacial score (nSPS) is 12.8. The van der Waals surface area contributed by atoms with Gasteiger partial charge in [0.25, 0.3) is 0 Å². The fraction of sp³-hybridized carbons (Fsp3) is 0.500. The van der Waals surface area contributed by atoms with Gasteiger partial charge in [0.2, 0.25) is 0 Å². The van der Waals surface area contributed by atoms with Gasteiger partial charge in [0, 0.05) is 12.6 Å². The predicted octanol–water partition coefficient (Wildman–Crippen LogP) is 1.42. The van der Waals surface area contributed by atoms with Gasteiger partial charge < -0.3 is 9.64 Å². The summed E-state index contributed by atoms with van der Waals surface area (Å²) < 4.78 is 5.72. The van der Waals surface area contributed by atoms with Crippen LogP contribution in [0.4, 0.5) is 5.69 Å². The van der Waals surface area contributed by atoms with Crippen LogP contribution in [0.15, 0.2) is 24.3 Å². The minimum absolute atomic E-state index is 0.0110. The summed E-state index contributed by atoms with van der Waals surface area (Å²) in [7, 11) is 7.62. The van der Waals surface area contributed by atoms with Gasteiger partial charge in [-0.15, -0.1) is 0 Å². The largest absolute Gasteiger partial charge is 0.467 e. The molecule has 0 heterocycles. The molecule has 6 nitrogen and oxygen atoms in total. The average molecular weight is 253 g/mol. The van der Waals surface area contributed by atoms with Gasteiger partial charge in [-0.1, -0.05) is 12.1 Å². The van der Waals surface area contributed by atoms with Gasteiger partial charge in [0.15, 0.2) is 12.0 Å². The summed E-state index contributed by atoms with van der Waals surface area (Å²) in [5, 5.41) is 10.9. The molecule has 0 fully saturated rings. The number of hydrogen-bond donors (Lipinski definition) is 0. The van der Waals surface area contributed by atoms with Gasteiger partial charge in [0.1, 0.15) is 0 Å². The van der Waals surface area contributed by atoms with Crippen LogP contribution in [0.2, 0.25) is 0 Å². The molecule has 0 aliphatic carbocycles. The molecule has 18 heavy (non-hydrogen) atoms. The molecule has 0 spiro atoms. The molecule has 1 unspecified atom stereocenters. The molecule has 0 N–H and O–H groups in total. The minimum atomic E-state index is -0.433. The third-order valence-electron chi connectivity index (χ3n) is 2.42. The number of likely N-dealkylation sites (N-methyl/N-ethyl adjacent to an activating group) is 2. The van der Waals surface area contributed by atoms with Crippen molar-refractivity contribution in [2.45, 2.75) is 6.23 Å². The van der Waals surface area contributed by atoms with Crippen molar-refractivity contribution in [2.75, 3.05) is 34.7 Å². The first kappa shape index (κ1) is 14.4. The summed E-state index contributed by atoms with van der Waals surface area (Å²) >= 11 is 0. The lowest BCUT2D eigenvalue weighted by molar-refractivity contribution is -0.386. The molecule has 6 heteroatoms. The average Bonchev–Trinajstić information content (AvgIpc) is 2.27. The summed E-state index contributed by atoms with van der Waals surface area (Å²) in [6.45, 7) is 0.652. The highest BCUT2D eigenvalue weighted by Gasteiger charge is 2.20. The van der Waals surface area contributed by atoms with Crippen LogP contribution < -0.4 is 4.74 Å². The van der Waals surface area contributed by atoms with Crippen molar-refractivity contribution < 1.29 is 9.66 Å². The fourth-order valence-electron chi connectivity index (χ4n) is 1.47. The molecule has 0 aromatic heterocycles. The molecule has 1 atom stereocenters. The molecule has 0 aliphatic heterocycles. The number of nitro groups is 1. The van der Waals surface area contributed by atoms with Crippen LogP contribution in [0.5, 0.6) is 5.75 Å². The molecule has 0 amide bonds. The SMILES string of the molecule is CN(C)CC(Oc1ccccc1[N+](=O)[O-])N(C)C. The monoisotopic (exact) mass is 253 g/mol. The fourth-order valence-corrected chi connectivity index (χ4v) is 1.47. The summed E-state index contributed by atoms with van der Waals surface area (Å²) in [5.41, 5.74) is -0.0110. The Bertz CT molecular complexity index is 407. The van der Waals surface area contributed by atoms with Crippen molar-refractivity contribution in [1.82, 2.24) is 9.80 Å². The van der Waals surface area contributed by atoms with Crippen LogP contribution in [0.25, 0.3) is 0 Å². The Kier molecular flexibility index (Phi) is 5.06. The lowest BCUT2D eigenvalue weighted by Gasteiger charge is -2.27. The molecule has 1 aromatic carbocycles. The van der Waals surface area contributed by atoms with Gasteiger partial charge in [-0.25, -0.2) is 0 Å². The van der Waals surface area contributed by atoms with Crippen molar-refractivity contribution in [2.24, 2.45) is 0 Å². The summed E-state index contributed by atoms with van der Waals surface area (Å²) in [5.74, 6) is 0.294. The van der Waals surface area contributed by atoms with Gasteiger partial charge in [-0.05, 0) is 34.3 Å². The first-order chi connectivity index (χ1) is 8.41. The van der Waals surface area contributed by atoms with Gasteiger partial charge >= 0.3 is 5.69 Å². The molecule has 0 aliphatic rings. The second-order valence-electron chi connectivity index (χ2n) is 4.52. The third-order valence-corrected chi connectivity index (χ3v) is 2.42. The highest BCUT2D eigenvalue weighted by molar-refractivity contribution is 5.45. The summed E-state index contributed by atoms with van der Waals surface area (Å²) in [4.78, 5) is 14.3. The van der Waals surface area contributed by atoms with E-state index in [4.69, 9.17) is 4.74 Å². The third kappa shape index (κ3) is 3.97. The van der Waals surface area contributed by atoms with E-state index in [0.717, 1.165) is 0 Å². The second-order valence-corrected chi connectivity index (χ2v) is 4.52. The lowest BCUT2D eigenvalue weighted by atomic mass is 10.3. The molecule has 0 saturated carbocycles. The van der Waals surface area contributed by atoms with Crippen molar-refractivity contribution in [3.8, 4) is 5.75 Å². The highest BCUT2D eigenvalue weighted by atomic mass is 16.6. The van der Waals surface area contributed by atoms with E-state index in [1.54, 1.807) is 18.2 Å². The zero-order valence-corrected chi connectivity index (χ0v) is 11.2. The Hall–Kier alpha value is -1.66. The van der Waals surface area contributed by atoms with Crippen LogP contribution in [0.1, 0.15) is 0 Å². The van der Waals surface area contributed by atoms with E-state index in [1.165, 1.54) is 6.07 Å². The Morgan fingerprint density at radius 3 is 2.39 bits per heavy atom. The quantitative estimate of drug-likeness (QED) is 0.436. The van der Waals surface area contributed by atoms with E-state index in [9.17, 15) is 10.1 Å². The topological polar surface area (TPSA) is 58.9 Å².